The molecule has 0 aromatic rings. The van der Waals surface area contributed by atoms with Crippen LogP contribution in [-0.4, -0.2) is 0 Å². The monoisotopic (exact) mass is 224 g/mol. The summed E-state index contributed by atoms with van der Waals surface area (Å²) >= 11 is 0. The van der Waals surface area contributed by atoms with Crippen LogP contribution in [0.1, 0.15) is 75.2 Å². The Balaban J connectivity index is 4.54. The van der Waals surface area contributed by atoms with Crippen LogP contribution in [0.3, 0.4) is 0 Å². The lowest BCUT2D eigenvalue weighted by Crippen LogP contribution is -2.21. The summed E-state index contributed by atoms with van der Waals surface area (Å²) < 4.78 is 0. The molecular weight excluding hydrogens is 192 g/mol. The Kier molecular flexibility index (Phi) is 4.86. The van der Waals surface area contributed by atoms with Gasteiger partial charge in [0.25, 0.3) is 0 Å². The van der Waals surface area contributed by atoms with Gasteiger partial charge in [0, 0.05) is 0 Å². The average Bonchev–Trinajstić information content (AvgIpc) is 1.70. The van der Waals surface area contributed by atoms with Gasteiger partial charge in [-0.25, -0.2) is 0 Å². The molecule has 0 heteroatoms. The van der Waals surface area contributed by atoms with Gasteiger partial charge in [-0.2, -0.15) is 0 Å². The molecule has 0 unspecified atom stereocenters. The van der Waals surface area contributed by atoms with Gasteiger partial charge in [-0.15, -0.1) is 0 Å². The largest absolute Gasteiger partial charge is 0.0802 e. The van der Waals surface area contributed by atoms with Crippen LogP contribution in [0.2, 0.25) is 0 Å². The second kappa shape index (κ2) is 4.94. The topological polar surface area (TPSA) is 0 Å². The average molecular weight is 224 g/mol. The molecule has 0 aromatic carbocycles. The minimum Gasteiger partial charge on any atom is -0.0802 e. The highest BCUT2D eigenvalue weighted by molar-refractivity contribution is 5.06. The summed E-state index contributed by atoms with van der Waals surface area (Å²) in [6, 6.07) is 0. The van der Waals surface area contributed by atoms with Crippen molar-refractivity contribution in [1.29, 1.82) is 0 Å². The highest BCUT2D eigenvalue weighted by Crippen LogP contribution is 2.38. The van der Waals surface area contributed by atoms with E-state index in [0.29, 0.717) is 16.2 Å². The summed E-state index contributed by atoms with van der Waals surface area (Å²) in [5, 5.41) is 0. The normalized spacial score (nSPS) is 15.4. The van der Waals surface area contributed by atoms with Crippen LogP contribution in [0.15, 0.2) is 11.6 Å². The smallest absolute Gasteiger partial charge is 0.0201 e. The molecule has 0 saturated carbocycles. The fraction of sp³-hybridized carbons (Fsp3) is 0.875. The number of allylic oxidation sites excluding steroid dienone is 2. The second-order valence-corrected chi connectivity index (χ2v) is 8.44. The maximum Gasteiger partial charge on any atom is -0.0201 e. The predicted octanol–water partition coefficient (Wildman–Crippen LogP) is 5.83. The van der Waals surface area contributed by atoms with E-state index in [4.69, 9.17) is 0 Å². The molecule has 0 saturated heterocycles. The van der Waals surface area contributed by atoms with Gasteiger partial charge in [0.2, 0.25) is 0 Å². The van der Waals surface area contributed by atoms with E-state index in [-0.39, 0.29) is 0 Å². The van der Waals surface area contributed by atoms with Crippen molar-refractivity contribution >= 4 is 0 Å². The van der Waals surface area contributed by atoms with Gasteiger partial charge in [0.15, 0.2) is 0 Å². The maximum absolute atomic E-state index is 2.41. The van der Waals surface area contributed by atoms with Crippen LogP contribution in [0.4, 0.5) is 0 Å². The number of rotatable bonds is 3. The Morgan fingerprint density at radius 1 is 0.875 bits per heavy atom. The third-order valence-electron chi connectivity index (χ3n) is 2.45. The summed E-state index contributed by atoms with van der Waals surface area (Å²) in [6.45, 7) is 20.9. The summed E-state index contributed by atoms with van der Waals surface area (Å²) in [5.74, 6) is 0. The van der Waals surface area contributed by atoms with Crippen LogP contribution in [0.5, 0.6) is 0 Å². The van der Waals surface area contributed by atoms with E-state index in [1.54, 1.807) is 0 Å². The molecule has 0 aromatic heterocycles. The van der Waals surface area contributed by atoms with Crippen molar-refractivity contribution in [2.45, 2.75) is 75.2 Å². The molecule has 0 aliphatic heterocycles. The third-order valence-corrected chi connectivity index (χ3v) is 2.45. The highest BCUT2D eigenvalue weighted by atomic mass is 14.3. The molecule has 0 nitrogen and oxygen atoms in total. The van der Waals surface area contributed by atoms with Gasteiger partial charge in [0.1, 0.15) is 0 Å². The lowest BCUT2D eigenvalue weighted by Gasteiger charge is -2.33. The van der Waals surface area contributed by atoms with Crippen LogP contribution >= 0.6 is 0 Å². The zero-order valence-electron chi connectivity index (χ0n) is 13.0. The molecule has 0 bridgehead atoms. The van der Waals surface area contributed by atoms with E-state index in [1.807, 2.05) is 0 Å². The zero-order chi connectivity index (χ0) is 13.2. The molecule has 0 heterocycles. The number of hydrogen-bond acceptors (Lipinski definition) is 0. The van der Waals surface area contributed by atoms with E-state index in [2.05, 4.69) is 68.4 Å². The van der Waals surface area contributed by atoms with Crippen LogP contribution in [0.25, 0.3) is 0 Å². The Morgan fingerprint density at radius 2 is 1.31 bits per heavy atom. The first-order valence-electron chi connectivity index (χ1n) is 6.49. The van der Waals surface area contributed by atoms with Crippen molar-refractivity contribution < 1.29 is 0 Å². The van der Waals surface area contributed by atoms with Gasteiger partial charge in [-0.05, 0) is 36.0 Å². The molecule has 0 aliphatic carbocycles. The molecular formula is C16H32. The first-order valence-corrected chi connectivity index (χ1v) is 6.49. The lowest BCUT2D eigenvalue weighted by molar-refractivity contribution is 0.210. The number of hydrogen-bond donors (Lipinski definition) is 0. The molecule has 0 spiro atoms. The molecule has 0 amide bonds. The Bertz CT molecular complexity index is 240. The quantitative estimate of drug-likeness (QED) is 0.529. The fourth-order valence-corrected chi connectivity index (χ4v) is 3.04. The Morgan fingerprint density at radius 3 is 1.62 bits per heavy atom. The minimum atomic E-state index is 0.307. The van der Waals surface area contributed by atoms with Crippen molar-refractivity contribution in [3.05, 3.63) is 11.6 Å². The standard InChI is InChI=1S/C16H32/c1-13(10-14(2,3)4)11-16(8,9)12-15(5,6)7/h10H,11-12H2,1-9H3. The molecule has 0 atom stereocenters. The van der Waals surface area contributed by atoms with Gasteiger partial charge < -0.3 is 0 Å². The van der Waals surface area contributed by atoms with Gasteiger partial charge in [0.05, 0.1) is 0 Å². The molecule has 0 radical (unpaired) electrons. The van der Waals surface area contributed by atoms with Crippen LogP contribution in [0, 0.1) is 16.2 Å². The van der Waals surface area contributed by atoms with Crippen LogP contribution in [-0.2, 0) is 0 Å². The summed E-state index contributed by atoms with van der Waals surface area (Å²) in [4.78, 5) is 0. The van der Waals surface area contributed by atoms with E-state index in [9.17, 15) is 0 Å². The fourth-order valence-electron chi connectivity index (χ4n) is 3.04. The first-order chi connectivity index (χ1) is 6.81. The SMILES string of the molecule is CC(=CC(C)(C)C)CC(C)(C)CC(C)(C)C. The Labute approximate surface area is 104 Å². The highest BCUT2D eigenvalue weighted by Gasteiger charge is 2.25. The first kappa shape index (κ1) is 15.7. The van der Waals surface area contributed by atoms with Crippen LogP contribution < -0.4 is 0 Å². The maximum atomic E-state index is 2.41. The van der Waals surface area contributed by atoms with Gasteiger partial charge in [-0.1, -0.05) is 67.0 Å². The predicted molar refractivity (Wildman–Crippen MR) is 75.7 cm³/mol. The summed E-state index contributed by atoms with van der Waals surface area (Å²) in [7, 11) is 0. The Hall–Kier alpha value is -0.260. The van der Waals surface area contributed by atoms with E-state index < -0.39 is 0 Å². The minimum absolute atomic E-state index is 0.307. The molecule has 0 fully saturated rings. The molecule has 0 rings (SSSR count). The van der Waals surface area contributed by atoms with Crippen molar-refractivity contribution in [3.8, 4) is 0 Å². The van der Waals surface area contributed by atoms with Gasteiger partial charge >= 0.3 is 0 Å². The summed E-state index contributed by atoms with van der Waals surface area (Å²) in [5.41, 5.74) is 2.67. The van der Waals surface area contributed by atoms with Gasteiger partial charge in [-0.3, -0.25) is 0 Å². The molecule has 96 valence electrons. The molecule has 0 N–H and O–H groups in total. The lowest BCUT2D eigenvalue weighted by atomic mass is 9.72. The van der Waals surface area contributed by atoms with E-state index in [0.717, 1.165) is 0 Å². The van der Waals surface area contributed by atoms with E-state index >= 15 is 0 Å². The van der Waals surface area contributed by atoms with Crippen molar-refractivity contribution in [2.75, 3.05) is 0 Å². The van der Waals surface area contributed by atoms with Crippen molar-refractivity contribution in [1.82, 2.24) is 0 Å². The van der Waals surface area contributed by atoms with Crippen molar-refractivity contribution in [3.63, 3.8) is 0 Å². The zero-order valence-corrected chi connectivity index (χ0v) is 13.0. The van der Waals surface area contributed by atoms with E-state index in [1.165, 1.54) is 18.4 Å². The molecule has 16 heavy (non-hydrogen) atoms. The second-order valence-electron chi connectivity index (χ2n) is 8.44. The summed E-state index contributed by atoms with van der Waals surface area (Å²) in [6.07, 6.45) is 4.90. The van der Waals surface area contributed by atoms with Crippen molar-refractivity contribution in [2.24, 2.45) is 16.2 Å². The third kappa shape index (κ3) is 9.00. The molecule has 0 aliphatic rings.